The van der Waals surface area contributed by atoms with Gasteiger partial charge in [0, 0.05) is 44.0 Å². The Morgan fingerprint density at radius 1 is 1.16 bits per heavy atom. The van der Waals surface area contributed by atoms with E-state index in [1.807, 2.05) is 4.90 Å². The highest BCUT2D eigenvalue weighted by Gasteiger charge is 2.22. The molecule has 1 aliphatic rings. The quantitative estimate of drug-likeness (QED) is 0.842. The summed E-state index contributed by atoms with van der Waals surface area (Å²) in [6.07, 6.45) is 0. The van der Waals surface area contributed by atoms with Gasteiger partial charge in [-0.1, -0.05) is 13.8 Å². The number of hydrogen-bond acceptors (Lipinski definition) is 3. The Morgan fingerprint density at radius 2 is 1.74 bits per heavy atom. The smallest absolute Gasteiger partial charge is 0.253 e. The van der Waals surface area contributed by atoms with Crippen molar-refractivity contribution >= 4 is 11.6 Å². The highest BCUT2D eigenvalue weighted by Crippen LogP contribution is 2.11. The third kappa shape index (κ3) is 3.70. The maximum Gasteiger partial charge on any atom is 0.253 e. The number of anilines is 1. The molecule has 0 spiro atoms. The van der Waals surface area contributed by atoms with Crippen LogP contribution in [0.3, 0.4) is 0 Å². The first kappa shape index (κ1) is 13.9. The van der Waals surface area contributed by atoms with Gasteiger partial charge in [0.2, 0.25) is 0 Å². The molecular weight excluding hydrogens is 238 g/mol. The second kappa shape index (κ2) is 6.06. The maximum absolute atomic E-state index is 12.3. The lowest BCUT2D eigenvalue weighted by molar-refractivity contribution is 0.0624. The molecule has 0 bridgehead atoms. The molecule has 0 saturated carbocycles. The van der Waals surface area contributed by atoms with Crippen LogP contribution in [0.15, 0.2) is 24.3 Å². The van der Waals surface area contributed by atoms with Crippen molar-refractivity contribution in [3.8, 4) is 0 Å². The fraction of sp³-hybridized carbons (Fsp3) is 0.533. The molecule has 4 heteroatoms. The Balaban J connectivity index is 1.90. The monoisotopic (exact) mass is 261 g/mol. The van der Waals surface area contributed by atoms with Gasteiger partial charge in [-0.3, -0.25) is 9.69 Å². The maximum atomic E-state index is 12.3. The third-order valence-corrected chi connectivity index (χ3v) is 3.44. The predicted octanol–water partition coefficient (Wildman–Crippen LogP) is 1.68. The van der Waals surface area contributed by atoms with Crippen molar-refractivity contribution in [2.45, 2.75) is 13.8 Å². The summed E-state index contributed by atoms with van der Waals surface area (Å²) in [5.41, 5.74) is 7.06. The fourth-order valence-electron chi connectivity index (χ4n) is 2.46. The molecule has 0 radical (unpaired) electrons. The van der Waals surface area contributed by atoms with Crippen LogP contribution in [0.1, 0.15) is 24.2 Å². The molecule has 104 valence electrons. The minimum Gasteiger partial charge on any atom is -0.399 e. The first-order chi connectivity index (χ1) is 9.06. The predicted molar refractivity (Wildman–Crippen MR) is 78.0 cm³/mol. The highest BCUT2D eigenvalue weighted by atomic mass is 16.2. The summed E-state index contributed by atoms with van der Waals surface area (Å²) in [5, 5.41) is 0. The number of nitrogens with two attached hydrogens (primary N) is 1. The summed E-state index contributed by atoms with van der Waals surface area (Å²) < 4.78 is 0. The van der Waals surface area contributed by atoms with Gasteiger partial charge < -0.3 is 10.6 Å². The largest absolute Gasteiger partial charge is 0.399 e. The van der Waals surface area contributed by atoms with Crippen molar-refractivity contribution in [2.75, 3.05) is 38.5 Å². The van der Waals surface area contributed by atoms with Crippen molar-refractivity contribution in [1.82, 2.24) is 9.80 Å². The van der Waals surface area contributed by atoms with E-state index in [9.17, 15) is 4.79 Å². The van der Waals surface area contributed by atoms with Gasteiger partial charge in [-0.15, -0.1) is 0 Å². The Bertz CT molecular complexity index is 420. The van der Waals surface area contributed by atoms with Crippen LogP contribution in [-0.4, -0.2) is 48.4 Å². The number of hydrogen-bond donors (Lipinski definition) is 1. The summed E-state index contributed by atoms with van der Waals surface area (Å²) in [5.74, 6) is 0.795. The van der Waals surface area contributed by atoms with Crippen LogP contribution >= 0.6 is 0 Å². The molecule has 1 heterocycles. The van der Waals surface area contributed by atoms with Gasteiger partial charge >= 0.3 is 0 Å². The number of benzene rings is 1. The Hall–Kier alpha value is -1.55. The van der Waals surface area contributed by atoms with Gasteiger partial charge in [0.1, 0.15) is 0 Å². The summed E-state index contributed by atoms with van der Waals surface area (Å²) in [6.45, 7) is 9.14. The van der Waals surface area contributed by atoms with E-state index in [0.29, 0.717) is 11.6 Å². The van der Waals surface area contributed by atoms with E-state index in [1.165, 1.54) is 0 Å². The molecular formula is C15H23N3O. The number of carbonyl (C=O) groups excluding carboxylic acids is 1. The molecule has 2 rings (SSSR count). The number of nitrogen functional groups attached to an aromatic ring is 1. The summed E-state index contributed by atoms with van der Waals surface area (Å²) >= 11 is 0. The Kier molecular flexibility index (Phi) is 4.43. The first-order valence-corrected chi connectivity index (χ1v) is 6.93. The highest BCUT2D eigenvalue weighted by molar-refractivity contribution is 5.94. The van der Waals surface area contributed by atoms with Gasteiger partial charge in [0.25, 0.3) is 5.91 Å². The zero-order valence-corrected chi connectivity index (χ0v) is 11.8. The molecule has 0 unspecified atom stereocenters. The number of nitrogens with zero attached hydrogens (tertiary/aromatic N) is 2. The molecule has 1 aromatic carbocycles. The number of carbonyl (C=O) groups is 1. The summed E-state index contributed by atoms with van der Waals surface area (Å²) in [4.78, 5) is 16.7. The van der Waals surface area contributed by atoms with Crippen LogP contribution in [0.25, 0.3) is 0 Å². The van der Waals surface area contributed by atoms with Gasteiger partial charge in [-0.25, -0.2) is 0 Å². The summed E-state index contributed by atoms with van der Waals surface area (Å²) in [7, 11) is 0. The normalized spacial score (nSPS) is 16.9. The fourth-order valence-corrected chi connectivity index (χ4v) is 2.46. The van der Waals surface area contributed by atoms with Crippen LogP contribution in [0.5, 0.6) is 0 Å². The standard InChI is InChI=1S/C15H23N3O/c1-12(2)11-17-7-9-18(10-8-17)15(19)13-3-5-14(16)6-4-13/h3-6,12H,7-11,16H2,1-2H3. The second-order valence-corrected chi connectivity index (χ2v) is 5.61. The van der Waals surface area contributed by atoms with Crippen LogP contribution in [0.4, 0.5) is 5.69 Å². The van der Waals surface area contributed by atoms with E-state index < -0.39 is 0 Å². The molecule has 0 aliphatic carbocycles. The summed E-state index contributed by atoms with van der Waals surface area (Å²) in [6, 6.07) is 7.17. The lowest BCUT2D eigenvalue weighted by Gasteiger charge is -2.35. The van der Waals surface area contributed by atoms with Gasteiger partial charge in [0.15, 0.2) is 0 Å². The number of amides is 1. The van der Waals surface area contributed by atoms with Crippen LogP contribution in [0, 0.1) is 5.92 Å². The van der Waals surface area contributed by atoms with Crippen molar-refractivity contribution in [2.24, 2.45) is 5.92 Å². The van der Waals surface area contributed by atoms with Gasteiger partial charge in [0.05, 0.1) is 0 Å². The molecule has 19 heavy (non-hydrogen) atoms. The average Bonchev–Trinajstić information content (AvgIpc) is 2.39. The minimum atomic E-state index is 0.115. The van der Waals surface area contributed by atoms with E-state index in [4.69, 9.17) is 5.73 Å². The molecule has 4 nitrogen and oxygen atoms in total. The lowest BCUT2D eigenvalue weighted by atomic mass is 10.1. The molecule has 1 saturated heterocycles. The Morgan fingerprint density at radius 3 is 2.26 bits per heavy atom. The van der Waals surface area contributed by atoms with E-state index in [2.05, 4.69) is 18.7 Å². The molecule has 0 atom stereocenters. The van der Waals surface area contributed by atoms with Gasteiger partial charge in [-0.2, -0.15) is 0 Å². The SMILES string of the molecule is CC(C)CN1CCN(C(=O)c2ccc(N)cc2)CC1. The van der Waals surface area contributed by atoms with E-state index in [0.717, 1.165) is 38.3 Å². The van der Waals surface area contributed by atoms with E-state index in [-0.39, 0.29) is 5.91 Å². The third-order valence-electron chi connectivity index (χ3n) is 3.44. The zero-order chi connectivity index (χ0) is 13.8. The van der Waals surface area contributed by atoms with Crippen LogP contribution in [0.2, 0.25) is 0 Å². The Labute approximate surface area is 115 Å². The van der Waals surface area contributed by atoms with Crippen LogP contribution < -0.4 is 5.73 Å². The molecule has 1 fully saturated rings. The van der Waals surface area contributed by atoms with Crippen molar-refractivity contribution in [3.63, 3.8) is 0 Å². The zero-order valence-electron chi connectivity index (χ0n) is 11.8. The van der Waals surface area contributed by atoms with Crippen molar-refractivity contribution in [3.05, 3.63) is 29.8 Å². The molecule has 2 N–H and O–H groups in total. The van der Waals surface area contributed by atoms with E-state index >= 15 is 0 Å². The molecule has 1 aliphatic heterocycles. The topological polar surface area (TPSA) is 49.6 Å². The number of piperazine rings is 1. The van der Waals surface area contributed by atoms with Crippen molar-refractivity contribution in [1.29, 1.82) is 0 Å². The van der Waals surface area contributed by atoms with Gasteiger partial charge in [-0.05, 0) is 30.2 Å². The minimum absolute atomic E-state index is 0.115. The first-order valence-electron chi connectivity index (χ1n) is 6.93. The average molecular weight is 261 g/mol. The van der Waals surface area contributed by atoms with Crippen LogP contribution in [-0.2, 0) is 0 Å². The number of rotatable bonds is 3. The molecule has 1 amide bonds. The lowest BCUT2D eigenvalue weighted by Crippen LogP contribution is -2.49. The van der Waals surface area contributed by atoms with E-state index in [1.54, 1.807) is 24.3 Å². The molecule has 1 aromatic rings. The van der Waals surface area contributed by atoms with Crippen molar-refractivity contribution < 1.29 is 4.79 Å². The molecule has 0 aromatic heterocycles. The second-order valence-electron chi connectivity index (χ2n) is 5.61.